The minimum Gasteiger partial charge on any atom is -0.822 e. The van der Waals surface area contributed by atoms with Crippen LogP contribution >= 0.6 is 15.6 Å². The Kier molecular flexibility index (Phi) is 33.4. The SMILES string of the molecule is O=P([O-])(O)O.O=P([O-])([O-])[O-].[K+].[K+].[Mg+2]. The van der Waals surface area contributed by atoms with E-state index in [9.17, 15) is 0 Å². The Morgan fingerprint density at radius 1 is 0.846 bits per heavy atom. The predicted molar refractivity (Wildman–Crippen MR) is 25.4 cm³/mol. The van der Waals surface area contributed by atoms with E-state index in [4.69, 9.17) is 38.5 Å². The van der Waals surface area contributed by atoms with Crippen molar-refractivity contribution in [2.24, 2.45) is 0 Å². The summed E-state index contributed by atoms with van der Waals surface area (Å²) in [5, 5.41) is 0. The van der Waals surface area contributed by atoms with Crippen molar-refractivity contribution < 1.29 is 141 Å². The largest absolute Gasteiger partial charge is 2.00 e. The molecule has 0 amide bonds. The van der Waals surface area contributed by atoms with Crippen LogP contribution in [0.1, 0.15) is 0 Å². The second-order valence-corrected chi connectivity index (χ2v) is 2.81. The molecular formula is H2K2MgO8P2. The molecule has 0 saturated carbocycles. The van der Waals surface area contributed by atoms with E-state index in [-0.39, 0.29) is 126 Å². The Hall–Kier alpha value is 4.26. The van der Waals surface area contributed by atoms with Gasteiger partial charge in [0, 0.05) is 0 Å². The molecule has 8 nitrogen and oxygen atoms in total. The molecule has 13 heavy (non-hydrogen) atoms. The van der Waals surface area contributed by atoms with Crippen LogP contribution in [0.4, 0.5) is 0 Å². The first kappa shape index (κ1) is 30.4. The molecule has 0 aliphatic rings. The Morgan fingerprint density at radius 2 is 0.846 bits per heavy atom. The summed E-state index contributed by atoms with van der Waals surface area (Å²) < 4.78 is 17.3. The van der Waals surface area contributed by atoms with Gasteiger partial charge in [0.25, 0.3) is 7.82 Å². The molecule has 0 aliphatic heterocycles. The van der Waals surface area contributed by atoms with Crippen molar-refractivity contribution in [1.29, 1.82) is 0 Å². The van der Waals surface area contributed by atoms with Gasteiger partial charge in [-0.05, 0) is 0 Å². The molecule has 0 aromatic carbocycles. The van der Waals surface area contributed by atoms with Crippen molar-refractivity contribution in [3.63, 3.8) is 0 Å². The Morgan fingerprint density at radius 3 is 0.846 bits per heavy atom. The molecule has 0 spiro atoms. The zero-order valence-corrected chi connectivity index (χ0v) is 16.4. The van der Waals surface area contributed by atoms with Gasteiger partial charge in [-0.2, -0.15) is 7.82 Å². The summed E-state index contributed by atoms with van der Waals surface area (Å²) in [6, 6.07) is 0. The summed E-state index contributed by atoms with van der Waals surface area (Å²) in [4.78, 5) is 48.6. The van der Waals surface area contributed by atoms with Crippen LogP contribution in [0.15, 0.2) is 0 Å². The third kappa shape index (κ3) is 182. The quantitative estimate of drug-likeness (QED) is 0.328. The first-order valence-corrected chi connectivity index (χ1v) is 4.49. The van der Waals surface area contributed by atoms with Gasteiger partial charge in [-0.1, -0.05) is 0 Å². The van der Waals surface area contributed by atoms with Gasteiger partial charge in [-0.3, -0.25) is 4.57 Å². The van der Waals surface area contributed by atoms with E-state index in [1.165, 1.54) is 0 Å². The van der Waals surface area contributed by atoms with Crippen molar-refractivity contribution >= 4 is 38.7 Å². The van der Waals surface area contributed by atoms with E-state index in [1.807, 2.05) is 0 Å². The van der Waals surface area contributed by atoms with E-state index >= 15 is 0 Å². The number of phosphoric acid groups is 2. The maximum absolute atomic E-state index is 8.77. The maximum atomic E-state index is 8.77. The molecule has 0 saturated heterocycles. The molecule has 13 heteroatoms. The van der Waals surface area contributed by atoms with Crippen LogP contribution in [-0.2, 0) is 9.13 Å². The minimum atomic E-state index is -5.39. The fraction of sp³-hybridized carbons (Fsp3) is 0. The number of rotatable bonds is 0. The van der Waals surface area contributed by atoms with Gasteiger partial charge in [-0.25, -0.2) is 0 Å². The van der Waals surface area contributed by atoms with Crippen LogP contribution in [-0.4, -0.2) is 32.8 Å². The maximum Gasteiger partial charge on any atom is 2.00 e. The minimum absolute atomic E-state index is 0. The van der Waals surface area contributed by atoms with Gasteiger partial charge < -0.3 is 33.9 Å². The predicted octanol–water partition coefficient (Wildman–Crippen LogP) is -10.8. The normalized spacial score (nSPS) is 9.08. The fourth-order valence-electron chi connectivity index (χ4n) is 0. The monoisotopic (exact) mass is 294 g/mol. The molecule has 0 aliphatic carbocycles. The topological polar surface area (TPSA) is 167 Å². The van der Waals surface area contributed by atoms with Gasteiger partial charge in [0.2, 0.25) is 0 Å². The second-order valence-electron chi connectivity index (χ2n) is 0.938. The molecule has 0 rings (SSSR count). The third-order valence-electron chi connectivity index (χ3n) is 0. The van der Waals surface area contributed by atoms with Crippen LogP contribution in [0.25, 0.3) is 0 Å². The van der Waals surface area contributed by atoms with Crippen molar-refractivity contribution in [1.82, 2.24) is 0 Å². The summed E-state index contributed by atoms with van der Waals surface area (Å²) >= 11 is 0. The molecule has 0 atom stereocenters. The van der Waals surface area contributed by atoms with E-state index in [0.29, 0.717) is 0 Å². The molecular weight excluding hydrogens is 292 g/mol. The second kappa shape index (κ2) is 14.3. The average Bonchev–Trinajstić information content (AvgIpc) is 1.12. The molecule has 2 N–H and O–H groups in total. The molecule has 0 unspecified atom stereocenters. The molecule has 64 valence electrons. The molecule has 0 aromatic rings. The number of hydrogen-bond donors (Lipinski definition) is 2. The van der Waals surface area contributed by atoms with Crippen LogP contribution in [0.2, 0.25) is 0 Å². The van der Waals surface area contributed by atoms with Crippen molar-refractivity contribution in [2.45, 2.75) is 0 Å². The van der Waals surface area contributed by atoms with Crippen molar-refractivity contribution in [3.8, 4) is 0 Å². The summed E-state index contributed by atoms with van der Waals surface area (Å²) in [6.45, 7) is 0. The van der Waals surface area contributed by atoms with Crippen LogP contribution in [0.3, 0.4) is 0 Å². The number of hydrogen-bond acceptors (Lipinski definition) is 6. The first-order chi connectivity index (χ1) is 4.00. The third-order valence-corrected chi connectivity index (χ3v) is 0. The summed E-state index contributed by atoms with van der Waals surface area (Å²) in [5.74, 6) is 0. The smallest absolute Gasteiger partial charge is 0.822 e. The molecule has 0 heterocycles. The van der Waals surface area contributed by atoms with Crippen LogP contribution < -0.4 is 122 Å². The Bertz CT molecular complexity index is 132. The fourth-order valence-corrected chi connectivity index (χ4v) is 0. The Balaban J connectivity index is -0.0000000267. The molecule has 0 aromatic heterocycles. The summed E-state index contributed by atoms with van der Waals surface area (Å²) in [7, 11) is -10.3. The molecule has 0 radical (unpaired) electrons. The van der Waals surface area contributed by atoms with Gasteiger partial charge in [-0.15, -0.1) is 0 Å². The van der Waals surface area contributed by atoms with Gasteiger partial charge in [0.1, 0.15) is 0 Å². The van der Waals surface area contributed by atoms with E-state index in [0.717, 1.165) is 0 Å². The van der Waals surface area contributed by atoms with Crippen LogP contribution in [0.5, 0.6) is 0 Å². The summed E-state index contributed by atoms with van der Waals surface area (Å²) in [5.41, 5.74) is 0. The van der Waals surface area contributed by atoms with Gasteiger partial charge in [0.05, 0.1) is 0 Å². The molecule has 0 fully saturated rings. The Labute approximate surface area is 175 Å². The van der Waals surface area contributed by atoms with Crippen molar-refractivity contribution in [2.75, 3.05) is 0 Å². The first-order valence-electron chi connectivity index (χ1n) is 1.50. The standard InChI is InChI=1S/2K.Mg.2H3O4P/c;;;2*1-5(2,3)4/h;;;2*(H3,1,2,3,4)/q2*+1;+2;;/p-4. The molecule has 0 bridgehead atoms. The summed E-state index contributed by atoms with van der Waals surface area (Å²) in [6.07, 6.45) is 0. The van der Waals surface area contributed by atoms with Gasteiger partial charge in [0.15, 0.2) is 0 Å². The zero-order chi connectivity index (χ0) is 9.00. The zero-order valence-electron chi connectivity index (χ0n) is 6.95. The van der Waals surface area contributed by atoms with Crippen LogP contribution in [0, 0.1) is 0 Å². The average molecular weight is 294 g/mol. The van der Waals surface area contributed by atoms with E-state index < -0.39 is 15.6 Å². The van der Waals surface area contributed by atoms with Crippen molar-refractivity contribution in [3.05, 3.63) is 0 Å². The van der Waals surface area contributed by atoms with Gasteiger partial charge >= 0.3 is 126 Å². The van der Waals surface area contributed by atoms with E-state index in [1.54, 1.807) is 0 Å². The van der Waals surface area contributed by atoms with E-state index in [2.05, 4.69) is 0 Å².